The summed E-state index contributed by atoms with van der Waals surface area (Å²) in [5.74, 6) is 0.584. The van der Waals surface area contributed by atoms with Crippen molar-refractivity contribution in [2.24, 2.45) is 0 Å². The number of carbonyl (C=O) groups is 3. The number of benzene rings is 2. The first-order valence-electron chi connectivity index (χ1n) is 10.1. The van der Waals surface area contributed by atoms with E-state index in [1.807, 2.05) is 32.0 Å². The Balaban J connectivity index is 1.57. The van der Waals surface area contributed by atoms with Crippen LogP contribution in [0, 0.1) is 13.8 Å². The predicted octanol–water partition coefficient (Wildman–Crippen LogP) is 3.72. The summed E-state index contributed by atoms with van der Waals surface area (Å²) in [6.07, 6.45) is 1.90. The quantitative estimate of drug-likeness (QED) is 0.612. The van der Waals surface area contributed by atoms with E-state index in [0.717, 1.165) is 33.4 Å². The zero-order valence-electron chi connectivity index (χ0n) is 18.6. The average Bonchev–Trinajstić information content (AvgIpc) is 3.03. The molecule has 168 valence electrons. The maximum atomic E-state index is 12.7. The van der Waals surface area contributed by atoms with E-state index in [1.54, 1.807) is 31.4 Å². The molecule has 1 fully saturated rings. The van der Waals surface area contributed by atoms with Crippen LogP contribution in [-0.2, 0) is 16.0 Å². The van der Waals surface area contributed by atoms with Gasteiger partial charge in [0.05, 0.1) is 25.5 Å². The van der Waals surface area contributed by atoms with Gasteiger partial charge in [-0.25, -0.2) is 0 Å². The number of ether oxygens (including phenoxy) is 2. The van der Waals surface area contributed by atoms with Crippen LogP contribution >= 0.6 is 11.8 Å². The van der Waals surface area contributed by atoms with Crippen molar-refractivity contribution >= 4 is 34.9 Å². The first-order valence-corrected chi connectivity index (χ1v) is 10.9. The lowest BCUT2D eigenvalue weighted by Crippen LogP contribution is -2.37. The number of imide groups is 1. The summed E-state index contributed by atoms with van der Waals surface area (Å²) in [4.78, 5) is 38.7. The molecule has 3 rings (SSSR count). The average molecular weight is 455 g/mol. The van der Waals surface area contributed by atoms with Crippen molar-refractivity contribution in [1.29, 1.82) is 0 Å². The number of carbonyl (C=O) groups excluding carboxylic acids is 3. The molecule has 3 amide bonds. The fourth-order valence-corrected chi connectivity index (χ4v) is 4.12. The van der Waals surface area contributed by atoms with Gasteiger partial charge in [-0.1, -0.05) is 24.3 Å². The van der Waals surface area contributed by atoms with Crippen LogP contribution < -0.4 is 14.8 Å². The Bertz CT molecular complexity index is 1080. The summed E-state index contributed by atoms with van der Waals surface area (Å²) in [5, 5.41) is 2.42. The first-order chi connectivity index (χ1) is 15.3. The number of nitrogens with one attached hydrogen (secondary N) is 1. The smallest absolute Gasteiger partial charge is 0.293 e. The topological polar surface area (TPSA) is 84.9 Å². The predicted molar refractivity (Wildman–Crippen MR) is 125 cm³/mol. The van der Waals surface area contributed by atoms with Gasteiger partial charge in [0.1, 0.15) is 0 Å². The number of amides is 3. The molecule has 0 aliphatic carbocycles. The van der Waals surface area contributed by atoms with Gasteiger partial charge in [-0.3, -0.25) is 19.3 Å². The minimum atomic E-state index is -0.377. The fraction of sp³-hybridized carbons (Fsp3) is 0.292. The zero-order valence-corrected chi connectivity index (χ0v) is 19.4. The van der Waals surface area contributed by atoms with Crippen LogP contribution in [-0.4, -0.2) is 49.3 Å². The molecule has 0 saturated carbocycles. The van der Waals surface area contributed by atoms with Crippen LogP contribution in [0.2, 0.25) is 0 Å². The summed E-state index contributed by atoms with van der Waals surface area (Å²) in [5.41, 5.74) is 3.95. The lowest BCUT2D eigenvalue weighted by atomic mass is 10.0. The molecule has 1 saturated heterocycles. The summed E-state index contributed by atoms with van der Waals surface area (Å²) >= 11 is 0.878. The molecule has 1 aliphatic rings. The first kappa shape index (κ1) is 23.4. The number of hydrogen-bond acceptors (Lipinski definition) is 6. The summed E-state index contributed by atoms with van der Waals surface area (Å²) in [7, 11) is 3.08. The molecule has 32 heavy (non-hydrogen) atoms. The number of methoxy groups -OCH3 is 2. The molecule has 2 aromatic rings. The van der Waals surface area contributed by atoms with Crippen molar-refractivity contribution in [2.75, 3.05) is 27.3 Å². The maximum absolute atomic E-state index is 12.7. The highest BCUT2D eigenvalue weighted by atomic mass is 32.2. The van der Waals surface area contributed by atoms with E-state index >= 15 is 0 Å². The lowest BCUT2D eigenvalue weighted by molar-refractivity contribution is -0.124. The Labute approximate surface area is 191 Å². The summed E-state index contributed by atoms with van der Waals surface area (Å²) < 4.78 is 10.5. The molecule has 0 bridgehead atoms. The van der Waals surface area contributed by atoms with E-state index in [1.165, 1.54) is 12.7 Å². The van der Waals surface area contributed by atoms with E-state index in [-0.39, 0.29) is 36.6 Å². The maximum Gasteiger partial charge on any atom is 0.293 e. The van der Waals surface area contributed by atoms with Crippen molar-refractivity contribution in [3.8, 4) is 11.5 Å². The number of nitrogens with zero attached hydrogens (tertiary/aromatic N) is 1. The largest absolute Gasteiger partial charge is 0.493 e. The number of hydrogen-bond donors (Lipinski definition) is 1. The Morgan fingerprint density at radius 3 is 2.47 bits per heavy atom. The highest BCUT2D eigenvalue weighted by Crippen LogP contribution is 2.34. The van der Waals surface area contributed by atoms with Crippen molar-refractivity contribution in [2.45, 2.75) is 20.3 Å². The molecule has 1 heterocycles. The van der Waals surface area contributed by atoms with E-state index < -0.39 is 0 Å². The van der Waals surface area contributed by atoms with E-state index in [4.69, 9.17) is 9.47 Å². The molecule has 8 heteroatoms. The highest BCUT2D eigenvalue weighted by Gasteiger charge is 2.34. The van der Waals surface area contributed by atoms with Crippen LogP contribution in [0.25, 0.3) is 6.08 Å². The molecule has 0 atom stereocenters. The molecular weight excluding hydrogens is 428 g/mol. The van der Waals surface area contributed by atoms with Gasteiger partial charge in [0, 0.05) is 13.1 Å². The van der Waals surface area contributed by atoms with Crippen molar-refractivity contribution in [3.05, 3.63) is 63.6 Å². The summed E-state index contributed by atoms with van der Waals surface area (Å²) in [6.45, 7) is 4.35. The third-order valence-corrected chi connectivity index (χ3v) is 6.08. The van der Waals surface area contributed by atoms with Gasteiger partial charge >= 0.3 is 0 Å². The van der Waals surface area contributed by atoms with Crippen LogP contribution in [0.3, 0.4) is 0 Å². The Hall–Kier alpha value is -3.26. The van der Waals surface area contributed by atoms with Gasteiger partial charge in [0.15, 0.2) is 11.5 Å². The Kier molecular flexibility index (Phi) is 7.58. The van der Waals surface area contributed by atoms with Crippen molar-refractivity contribution in [1.82, 2.24) is 10.2 Å². The monoisotopic (exact) mass is 454 g/mol. The van der Waals surface area contributed by atoms with Crippen LogP contribution in [0.15, 0.2) is 41.3 Å². The number of rotatable bonds is 8. The normalized spacial score (nSPS) is 14.8. The standard InChI is InChI=1S/C24H26N2O5S/c1-15-5-6-17(11-16(15)2)14-22(27)25-9-10-26-23(28)21(32-24(26)29)13-18-7-8-19(30-3)20(12-18)31-4/h5-8,11-13H,9-10,14H2,1-4H3,(H,25,27)/b21-13+. The second-order valence-electron chi connectivity index (χ2n) is 7.39. The Morgan fingerprint density at radius 1 is 1.03 bits per heavy atom. The summed E-state index contributed by atoms with van der Waals surface area (Å²) in [6, 6.07) is 11.2. The van der Waals surface area contributed by atoms with E-state index in [0.29, 0.717) is 16.4 Å². The van der Waals surface area contributed by atoms with Crippen LogP contribution in [0.1, 0.15) is 22.3 Å². The van der Waals surface area contributed by atoms with Crippen LogP contribution in [0.4, 0.5) is 4.79 Å². The molecule has 0 spiro atoms. The van der Waals surface area contributed by atoms with Crippen molar-refractivity contribution < 1.29 is 23.9 Å². The number of thioether (sulfide) groups is 1. The highest BCUT2D eigenvalue weighted by molar-refractivity contribution is 8.18. The van der Waals surface area contributed by atoms with Gasteiger partial charge in [-0.15, -0.1) is 0 Å². The third kappa shape index (κ3) is 5.50. The Morgan fingerprint density at radius 2 is 1.78 bits per heavy atom. The van der Waals surface area contributed by atoms with Gasteiger partial charge in [-0.05, 0) is 66.1 Å². The molecule has 1 N–H and O–H groups in total. The fourth-order valence-electron chi connectivity index (χ4n) is 3.26. The minimum Gasteiger partial charge on any atom is -0.493 e. The zero-order chi connectivity index (χ0) is 23.3. The van der Waals surface area contributed by atoms with Crippen molar-refractivity contribution in [3.63, 3.8) is 0 Å². The molecule has 0 radical (unpaired) electrons. The van der Waals surface area contributed by atoms with Gasteiger partial charge in [-0.2, -0.15) is 0 Å². The van der Waals surface area contributed by atoms with Gasteiger partial charge in [0.2, 0.25) is 5.91 Å². The minimum absolute atomic E-state index is 0.118. The second-order valence-corrected chi connectivity index (χ2v) is 8.39. The van der Waals surface area contributed by atoms with Crippen LogP contribution in [0.5, 0.6) is 11.5 Å². The molecule has 7 nitrogen and oxygen atoms in total. The molecule has 1 aliphatic heterocycles. The second kappa shape index (κ2) is 10.4. The van der Waals surface area contributed by atoms with E-state index in [9.17, 15) is 14.4 Å². The lowest BCUT2D eigenvalue weighted by Gasteiger charge is -2.13. The van der Waals surface area contributed by atoms with E-state index in [2.05, 4.69) is 5.32 Å². The van der Waals surface area contributed by atoms with Gasteiger partial charge in [0.25, 0.3) is 11.1 Å². The third-order valence-electron chi connectivity index (χ3n) is 5.17. The number of aryl methyl sites for hydroxylation is 2. The molecule has 2 aromatic carbocycles. The van der Waals surface area contributed by atoms with Gasteiger partial charge < -0.3 is 14.8 Å². The molecule has 0 unspecified atom stereocenters. The SMILES string of the molecule is COc1ccc(/C=C2/SC(=O)N(CCNC(=O)Cc3ccc(C)c(C)c3)C2=O)cc1OC. The molecule has 0 aromatic heterocycles. The molecular formula is C24H26N2O5S.